The van der Waals surface area contributed by atoms with Gasteiger partial charge in [-0.3, -0.25) is 0 Å². The second-order valence-electron chi connectivity index (χ2n) is 6.93. The van der Waals surface area contributed by atoms with Gasteiger partial charge in [0.25, 0.3) is 0 Å². The Morgan fingerprint density at radius 3 is 2.00 bits per heavy atom. The van der Waals surface area contributed by atoms with Crippen LogP contribution in [0.3, 0.4) is 0 Å². The van der Waals surface area contributed by atoms with E-state index in [4.69, 9.17) is 9.47 Å². The molecule has 0 amide bonds. The maximum Gasteiger partial charge on any atom is 0.185 e. The zero-order chi connectivity index (χ0) is 18.7. The summed E-state index contributed by atoms with van der Waals surface area (Å²) in [5.41, 5.74) is 2.13. The van der Waals surface area contributed by atoms with E-state index in [1.54, 1.807) is 0 Å². The van der Waals surface area contributed by atoms with Gasteiger partial charge in [0, 0.05) is 0 Å². The van der Waals surface area contributed by atoms with Crippen LogP contribution in [-0.2, 0) is 4.57 Å². The van der Waals surface area contributed by atoms with E-state index in [1.165, 1.54) is 0 Å². The molecule has 4 aromatic rings. The third-order valence-corrected chi connectivity index (χ3v) is 8.49. The highest BCUT2D eigenvalue weighted by molar-refractivity contribution is 7.86. The smallest absolute Gasteiger partial charge is 0.185 e. The molecule has 28 heavy (non-hydrogen) atoms. The molecule has 0 aromatic heterocycles. The van der Waals surface area contributed by atoms with Gasteiger partial charge in [-0.2, -0.15) is 0 Å². The molecule has 2 aliphatic rings. The predicted molar refractivity (Wildman–Crippen MR) is 111 cm³/mol. The van der Waals surface area contributed by atoms with Crippen LogP contribution in [0.2, 0.25) is 0 Å². The van der Waals surface area contributed by atoms with Crippen molar-refractivity contribution in [2.45, 2.75) is 0 Å². The minimum atomic E-state index is -3.08. The summed E-state index contributed by atoms with van der Waals surface area (Å²) in [5.74, 6) is 2.51. The number of fused-ring (bicyclic) bond motifs is 4. The highest BCUT2D eigenvalue weighted by Crippen LogP contribution is 2.58. The van der Waals surface area contributed by atoms with Crippen LogP contribution in [0.4, 0.5) is 0 Å². The number of benzene rings is 4. The fraction of sp³-hybridized carbons (Fsp3) is 0. The molecule has 1 unspecified atom stereocenters. The zero-order valence-electron chi connectivity index (χ0n) is 14.8. The van der Waals surface area contributed by atoms with Gasteiger partial charge in [0.05, 0.1) is 10.6 Å². The number of ether oxygens (including phenoxy) is 2. The monoisotopic (exact) mass is 382 g/mol. The first kappa shape index (κ1) is 15.7. The van der Waals surface area contributed by atoms with Crippen molar-refractivity contribution in [3.8, 4) is 34.1 Å². The third-order valence-electron chi connectivity index (χ3n) is 5.33. The maximum absolute atomic E-state index is 14.6. The Morgan fingerprint density at radius 2 is 1.18 bits per heavy atom. The van der Waals surface area contributed by atoms with Crippen molar-refractivity contribution in [3.05, 3.63) is 91.0 Å². The Hall–Kier alpha value is -3.29. The van der Waals surface area contributed by atoms with E-state index in [2.05, 4.69) is 12.1 Å². The highest BCUT2D eigenvalue weighted by Gasteiger charge is 2.46. The molecule has 4 aromatic carbocycles. The molecule has 0 N–H and O–H groups in total. The van der Waals surface area contributed by atoms with Crippen molar-refractivity contribution in [1.29, 1.82) is 0 Å². The average Bonchev–Trinajstić information content (AvgIpc) is 2.74. The molecule has 2 aliphatic heterocycles. The van der Waals surface area contributed by atoms with Gasteiger partial charge >= 0.3 is 0 Å². The maximum atomic E-state index is 14.6. The second kappa shape index (κ2) is 5.60. The van der Waals surface area contributed by atoms with Gasteiger partial charge in [-0.15, -0.1) is 0 Å². The van der Waals surface area contributed by atoms with E-state index in [0.717, 1.165) is 21.7 Å². The van der Waals surface area contributed by atoms with Crippen molar-refractivity contribution in [1.82, 2.24) is 0 Å². The normalized spacial score (nSPS) is 18.1. The summed E-state index contributed by atoms with van der Waals surface area (Å²) in [5, 5.41) is 2.11. The van der Waals surface area contributed by atoms with Crippen LogP contribution in [0.15, 0.2) is 91.0 Å². The summed E-state index contributed by atoms with van der Waals surface area (Å²) >= 11 is 0. The van der Waals surface area contributed by atoms with Crippen molar-refractivity contribution in [3.63, 3.8) is 0 Å². The molecule has 0 bridgehead atoms. The standard InChI is InChI=1S/C24H15O3P/c25-28-22-12-5-4-9-18(22)26-19-10-6-11-20(24(19)28)27-21-15-17(13-14-23(21)28)16-7-2-1-3-8-16/h1-15H. The van der Waals surface area contributed by atoms with Gasteiger partial charge in [0.2, 0.25) is 0 Å². The Balaban J connectivity index is 1.65. The van der Waals surface area contributed by atoms with Crippen LogP contribution in [0, 0.1) is 0 Å². The Kier molecular flexibility index (Phi) is 3.15. The fourth-order valence-corrected chi connectivity index (χ4v) is 7.09. The van der Waals surface area contributed by atoms with Gasteiger partial charge in [-0.1, -0.05) is 54.6 Å². The van der Waals surface area contributed by atoms with Crippen LogP contribution in [0.5, 0.6) is 23.0 Å². The molecule has 4 heteroatoms. The van der Waals surface area contributed by atoms with E-state index < -0.39 is 7.14 Å². The predicted octanol–water partition coefficient (Wildman–Crippen LogP) is 5.20. The Bertz CT molecular complexity index is 1290. The van der Waals surface area contributed by atoms with Crippen LogP contribution < -0.4 is 25.4 Å². The van der Waals surface area contributed by atoms with Crippen molar-refractivity contribution < 1.29 is 14.0 Å². The van der Waals surface area contributed by atoms with Gasteiger partial charge in [-0.25, -0.2) is 0 Å². The molecular weight excluding hydrogens is 367 g/mol. The number of rotatable bonds is 1. The molecule has 3 nitrogen and oxygen atoms in total. The van der Waals surface area contributed by atoms with Crippen molar-refractivity contribution >= 4 is 23.1 Å². The molecule has 0 radical (unpaired) electrons. The largest absolute Gasteiger partial charge is 0.456 e. The van der Waals surface area contributed by atoms with Crippen LogP contribution in [-0.4, -0.2) is 0 Å². The summed E-state index contributed by atoms with van der Waals surface area (Å²) in [4.78, 5) is 0. The molecule has 0 saturated carbocycles. The lowest BCUT2D eigenvalue weighted by Crippen LogP contribution is -2.34. The van der Waals surface area contributed by atoms with Gasteiger partial charge in [0.15, 0.2) is 7.14 Å². The van der Waals surface area contributed by atoms with Gasteiger partial charge in [0.1, 0.15) is 28.3 Å². The minimum Gasteiger partial charge on any atom is -0.456 e. The SMILES string of the molecule is O=P12c3ccccc3Oc3cccc(c31)Oc1cc(-c3ccccc3)ccc12. The summed E-state index contributed by atoms with van der Waals surface area (Å²) in [7, 11) is -3.08. The Labute approximate surface area is 162 Å². The first-order chi connectivity index (χ1) is 13.7. The zero-order valence-corrected chi connectivity index (χ0v) is 15.7. The van der Waals surface area contributed by atoms with Crippen LogP contribution in [0.25, 0.3) is 11.1 Å². The summed E-state index contributed by atoms with van der Waals surface area (Å²) in [6, 6.07) is 29.2. The first-order valence-electron chi connectivity index (χ1n) is 9.14. The number of para-hydroxylation sites is 1. The minimum absolute atomic E-state index is 0.605. The molecule has 6 rings (SSSR count). The summed E-state index contributed by atoms with van der Waals surface area (Å²) in [6.45, 7) is 0. The van der Waals surface area contributed by atoms with E-state index in [9.17, 15) is 4.57 Å². The van der Waals surface area contributed by atoms with E-state index in [0.29, 0.717) is 28.3 Å². The van der Waals surface area contributed by atoms with E-state index in [1.807, 2.05) is 78.9 Å². The number of hydrogen-bond acceptors (Lipinski definition) is 3. The quantitative estimate of drug-likeness (QED) is 0.367. The van der Waals surface area contributed by atoms with Crippen LogP contribution >= 0.6 is 7.14 Å². The van der Waals surface area contributed by atoms with Crippen LogP contribution in [0.1, 0.15) is 0 Å². The molecule has 0 spiro atoms. The second-order valence-corrected chi connectivity index (χ2v) is 9.56. The lowest BCUT2D eigenvalue weighted by molar-refractivity contribution is 0.462. The molecular formula is C24H15O3P. The lowest BCUT2D eigenvalue weighted by atomic mass is 10.1. The topological polar surface area (TPSA) is 35.5 Å². The summed E-state index contributed by atoms with van der Waals surface area (Å²) < 4.78 is 26.9. The average molecular weight is 382 g/mol. The van der Waals surface area contributed by atoms with Crippen molar-refractivity contribution in [2.24, 2.45) is 0 Å². The molecule has 134 valence electrons. The van der Waals surface area contributed by atoms with E-state index in [-0.39, 0.29) is 0 Å². The van der Waals surface area contributed by atoms with Crippen molar-refractivity contribution in [2.75, 3.05) is 0 Å². The molecule has 2 heterocycles. The molecule has 0 aliphatic carbocycles. The lowest BCUT2D eigenvalue weighted by Gasteiger charge is -2.34. The molecule has 0 fully saturated rings. The first-order valence-corrected chi connectivity index (χ1v) is 10.8. The van der Waals surface area contributed by atoms with E-state index >= 15 is 0 Å². The third kappa shape index (κ3) is 2.02. The highest BCUT2D eigenvalue weighted by atomic mass is 31.2. The Morgan fingerprint density at radius 1 is 0.536 bits per heavy atom. The summed E-state index contributed by atoms with van der Waals surface area (Å²) in [6.07, 6.45) is 0. The fourth-order valence-electron chi connectivity index (χ4n) is 4.05. The molecule has 1 atom stereocenters. The van der Waals surface area contributed by atoms with Gasteiger partial charge in [-0.05, 0) is 47.5 Å². The molecule has 0 saturated heterocycles. The van der Waals surface area contributed by atoms with Gasteiger partial charge < -0.3 is 14.0 Å². The number of hydrogen-bond donors (Lipinski definition) is 0.